The molecule has 4 heteroatoms. The van der Waals surface area contributed by atoms with Crippen molar-refractivity contribution in [2.24, 2.45) is 0 Å². The fraction of sp³-hybridized carbons (Fsp3) is 0.455. The molecule has 2 nitrogen and oxygen atoms in total. The fourth-order valence-electron chi connectivity index (χ4n) is 4.36. The molecule has 0 amide bonds. The van der Waals surface area contributed by atoms with Crippen molar-refractivity contribution in [3.8, 4) is 0 Å². The summed E-state index contributed by atoms with van der Waals surface area (Å²) in [7, 11) is 0. The second-order valence-corrected chi connectivity index (χ2v) is 7.22. The van der Waals surface area contributed by atoms with E-state index in [9.17, 15) is 0 Å². The number of hydrogen-bond donors (Lipinski definition) is 0. The first kappa shape index (κ1) is 21.2. The molecule has 2 aromatic carbocycles. The van der Waals surface area contributed by atoms with Crippen LogP contribution >= 0.6 is 24.8 Å². The number of hydrogen-bond acceptors (Lipinski definition) is 2. The minimum Gasteiger partial charge on any atom is -0.301 e. The Morgan fingerprint density at radius 2 is 1.50 bits per heavy atom. The summed E-state index contributed by atoms with van der Waals surface area (Å²) in [4.78, 5) is 5.37. The average Bonchev–Trinajstić information content (AvgIpc) is 3.07. The topological polar surface area (TPSA) is 6.48 Å². The van der Waals surface area contributed by atoms with Crippen molar-refractivity contribution in [1.82, 2.24) is 9.80 Å². The van der Waals surface area contributed by atoms with Gasteiger partial charge in [-0.1, -0.05) is 54.6 Å². The molecule has 1 heterocycles. The summed E-state index contributed by atoms with van der Waals surface area (Å²) >= 11 is 0. The molecule has 0 unspecified atom stereocenters. The highest BCUT2D eigenvalue weighted by molar-refractivity contribution is 5.85. The van der Waals surface area contributed by atoms with Gasteiger partial charge in [0.05, 0.1) is 0 Å². The van der Waals surface area contributed by atoms with Gasteiger partial charge in [0.1, 0.15) is 0 Å². The summed E-state index contributed by atoms with van der Waals surface area (Å²) in [6, 6.07) is 20.6. The first-order chi connectivity index (χ1) is 11.9. The van der Waals surface area contributed by atoms with Gasteiger partial charge < -0.3 is 4.90 Å². The van der Waals surface area contributed by atoms with Crippen molar-refractivity contribution >= 4 is 24.8 Å². The summed E-state index contributed by atoms with van der Waals surface area (Å²) < 4.78 is 0. The van der Waals surface area contributed by atoms with Crippen LogP contribution in [0, 0.1) is 0 Å². The highest BCUT2D eigenvalue weighted by Crippen LogP contribution is 2.35. The molecule has 1 atom stereocenters. The van der Waals surface area contributed by atoms with E-state index >= 15 is 0 Å². The molecule has 26 heavy (non-hydrogen) atoms. The van der Waals surface area contributed by atoms with Crippen molar-refractivity contribution < 1.29 is 0 Å². The van der Waals surface area contributed by atoms with Crippen LogP contribution in [0.2, 0.25) is 0 Å². The van der Waals surface area contributed by atoms with Gasteiger partial charge in [0.25, 0.3) is 0 Å². The number of halogens is 2. The molecule has 0 bridgehead atoms. The van der Waals surface area contributed by atoms with Crippen LogP contribution in [-0.2, 0) is 12.8 Å². The Hall–Kier alpha value is -1.06. The summed E-state index contributed by atoms with van der Waals surface area (Å²) in [6.07, 6.45) is 5.05. The van der Waals surface area contributed by atoms with Gasteiger partial charge in [0.2, 0.25) is 0 Å². The Morgan fingerprint density at radius 3 is 2.27 bits per heavy atom. The zero-order chi connectivity index (χ0) is 16.2. The predicted molar refractivity (Wildman–Crippen MR) is 115 cm³/mol. The smallest absolute Gasteiger partial charge is 0.0355 e. The second kappa shape index (κ2) is 10.3. The number of fused-ring (bicyclic) bond motifs is 1. The van der Waals surface area contributed by atoms with Crippen LogP contribution < -0.4 is 0 Å². The van der Waals surface area contributed by atoms with Gasteiger partial charge in [-0.2, -0.15) is 0 Å². The van der Waals surface area contributed by atoms with Gasteiger partial charge >= 0.3 is 0 Å². The van der Waals surface area contributed by atoms with Gasteiger partial charge in [0, 0.05) is 32.2 Å². The van der Waals surface area contributed by atoms with E-state index in [1.165, 1.54) is 64.0 Å². The predicted octanol–water partition coefficient (Wildman–Crippen LogP) is 4.77. The van der Waals surface area contributed by atoms with Crippen molar-refractivity contribution in [3.05, 3.63) is 71.3 Å². The van der Waals surface area contributed by atoms with E-state index < -0.39 is 0 Å². The van der Waals surface area contributed by atoms with E-state index in [4.69, 9.17) is 0 Å². The molecule has 0 aromatic heterocycles. The van der Waals surface area contributed by atoms with E-state index in [2.05, 4.69) is 64.4 Å². The lowest BCUT2D eigenvalue weighted by Crippen LogP contribution is -2.47. The van der Waals surface area contributed by atoms with Gasteiger partial charge in [-0.3, -0.25) is 4.90 Å². The summed E-state index contributed by atoms with van der Waals surface area (Å²) in [5, 5.41) is 0. The molecule has 2 aliphatic rings. The molecule has 0 radical (unpaired) electrons. The molecule has 0 saturated carbocycles. The molecule has 0 N–H and O–H groups in total. The lowest BCUT2D eigenvalue weighted by molar-refractivity contribution is 0.0953. The standard InChI is InChI=1S/C22H28N2.2ClH/c1-2-7-19(8-3-1)9-6-14-23-15-17-24(18-16-23)22-13-12-20-10-4-5-11-21(20)22;;/h1-5,7-8,10-11,22H,6,9,12-18H2;2*1H/t22-;;/m1../s1. The molecule has 4 rings (SSSR count). The molecular formula is C22H30Cl2N2. The third kappa shape index (κ3) is 5.01. The molecule has 1 fully saturated rings. The van der Waals surface area contributed by atoms with Crippen LogP contribution in [-0.4, -0.2) is 42.5 Å². The normalized spacial score (nSPS) is 20.1. The molecule has 2 aromatic rings. The number of rotatable bonds is 5. The number of aryl methyl sites for hydroxylation is 2. The maximum atomic E-state index is 2.72. The fourth-order valence-corrected chi connectivity index (χ4v) is 4.36. The van der Waals surface area contributed by atoms with Gasteiger partial charge in [-0.25, -0.2) is 0 Å². The highest BCUT2D eigenvalue weighted by Gasteiger charge is 2.29. The Bertz CT molecular complexity index is 654. The maximum absolute atomic E-state index is 2.72. The van der Waals surface area contributed by atoms with Crippen molar-refractivity contribution in [3.63, 3.8) is 0 Å². The number of benzene rings is 2. The molecule has 1 aliphatic carbocycles. The van der Waals surface area contributed by atoms with E-state index in [1.54, 1.807) is 11.1 Å². The minimum atomic E-state index is 0. The van der Waals surface area contributed by atoms with Crippen LogP contribution in [0.15, 0.2) is 54.6 Å². The Balaban J connectivity index is 0.00000121. The number of nitrogens with zero attached hydrogens (tertiary/aromatic N) is 2. The molecule has 1 saturated heterocycles. The summed E-state index contributed by atoms with van der Waals surface area (Å²) in [5.74, 6) is 0. The van der Waals surface area contributed by atoms with Crippen LogP contribution in [0.4, 0.5) is 0 Å². The van der Waals surface area contributed by atoms with Gasteiger partial charge in [-0.05, 0) is 48.9 Å². The van der Waals surface area contributed by atoms with E-state index in [0.29, 0.717) is 6.04 Å². The quantitative estimate of drug-likeness (QED) is 0.722. The van der Waals surface area contributed by atoms with Gasteiger partial charge in [-0.15, -0.1) is 24.8 Å². The van der Waals surface area contributed by atoms with Crippen LogP contribution in [0.5, 0.6) is 0 Å². The van der Waals surface area contributed by atoms with Crippen LogP contribution in [0.1, 0.15) is 35.6 Å². The SMILES string of the molecule is Cl.Cl.c1ccc(CCCN2CCN([C@@H]3CCc4ccccc43)CC2)cc1. The Kier molecular flexibility index (Phi) is 8.43. The van der Waals surface area contributed by atoms with Crippen molar-refractivity contribution in [2.75, 3.05) is 32.7 Å². The third-order valence-electron chi connectivity index (χ3n) is 5.73. The highest BCUT2D eigenvalue weighted by atomic mass is 35.5. The summed E-state index contributed by atoms with van der Waals surface area (Å²) in [6.45, 7) is 6.15. The lowest BCUT2D eigenvalue weighted by atomic mass is 10.1. The zero-order valence-electron chi connectivity index (χ0n) is 15.3. The average molecular weight is 393 g/mol. The van der Waals surface area contributed by atoms with E-state index in [0.717, 1.165) is 0 Å². The molecule has 0 spiro atoms. The lowest BCUT2D eigenvalue weighted by Gasteiger charge is -2.38. The van der Waals surface area contributed by atoms with Crippen LogP contribution in [0.3, 0.4) is 0 Å². The Labute approximate surface area is 170 Å². The first-order valence-corrected chi connectivity index (χ1v) is 9.48. The molecular weight excluding hydrogens is 363 g/mol. The maximum Gasteiger partial charge on any atom is 0.0355 e. The van der Waals surface area contributed by atoms with Crippen LogP contribution in [0.25, 0.3) is 0 Å². The zero-order valence-corrected chi connectivity index (χ0v) is 17.0. The first-order valence-electron chi connectivity index (χ1n) is 9.48. The molecule has 1 aliphatic heterocycles. The van der Waals surface area contributed by atoms with Crippen molar-refractivity contribution in [1.29, 1.82) is 0 Å². The minimum absolute atomic E-state index is 0. The third-order valence-corrected chi connectivity index (χ3v) is 5.73. The molecule has 142 valence electrons. The van der Waals surface area contributed by atoms with Gasteiger partial charge in [0.15, 0.2) is 0 Å². The summed E-state index contributed by atoms with van der Waals surface area (Å²) in [5.41, 5.74) is 4.64. The van der Waals surface area contributed by atoms with E-state index in [-0.39, 0.29) is 24.8 Å². The second-order valence-electron chi connectivity index (χ2n) is 7.22. The Morgan fingerprint density at radius 1 is 0.808 bits per heavy atom. The van der Waals surface area contributed by atoms with E-state index in [1.807, 2.05) is 0 Å². The van der Waals surface area contributed by atoms with Crippen molar-refractivity contribution in [2.45, 2.75) is 31.7 Å². The number of piperazine rings is 1. The largest absolute Gasteiger partial charge is 0.301 e. The monoisotopic (exact) mass is 392 g/mol.